The molecule has 1 saturated carbocycles. The Bertz CT molecular complexity index is 364. The minimum absolute atomic E-state index is 0.0651. The van der Waals surface area contributed by atoms with Crippen LogP contribution in [0, 0.1) is 0 Å². The Morgan fingerprint density at radius 1 is 1.40 bits per heavy atom. The summed E-state index contributed by atoms with van der Waals surface area (Å²) in [6.07, 6.45) is 2.05. The largest absolute Gasteiger partial charge is 0.506 e. The zero-order chi connectivity index (χ0) is 10.9. The molecule has 3 N–H and O–H groups in total. The molecule has 1 aliphatic carbocycles. The lowest BCUT2D eigenvalue weighted by Crippen LogP contribution is -2.34. The molecule has 0 heterocycles. The first-order valence-corrected chi connectivity index (χ1v) is 5.36. The van der Waals surface area contributed by atoms with Crippen LogP contribution in [0.25, 0.3) is 0 Å². The molecule has 0 amide bonds. The van der Waals surface area contributed by atoms with Crippen molar-refractivity contribution in [2.45, 2.75) is 24.9 Å². The number of phenols is 1. The topological polar surface area (TPSA) is 52.5 Å². The molecule has 0 spiro atoms. The Morgan fingerprint density at radius 3 is 2.67 bits per heavy atom. The Labute approximate surface area is 93.7 Å². The summed E-state index contributed by atoms with van der Waals surface area (Å²) < 4.78 is 0. The van der Waals surface area contributed by atoms with Crippen LogP contribution in [-0.2, 0) is 6.54 Å². The summed E-state index contributed by atoms with van der Waals surface area (Å²) >= 11 is 5.79. The number of aliphatic hydroxyl groups is 1. The molecular weight excluding hydrogens is 214 g/mol. The predicted molar refractivity (Wildman–Crippen MR) is 59.0 cm³/mol. The second-order valence-electron chi connectivity index (χ2n) is 4.08. The van der Waals surface area contributed by atoms with Crippen molar-refractivity contribution in [3.05, 3.63) is 28.8 Å². The van der Waals surface area contributed by atoms with E-state index < -0.39 is 0 Å². The standard InChI is InChI=1S/C11H14ClNO2/c12-9-5-8(1-2-10(9)15)6-13-11(7-14)3-4-11/h1-2,5,13-15H,3-4,6-7H2. The molecule has 0 radical (unpaired) electrons. The quantitative estimate of drug-likeness (QED) is 0.733. The lowest BCUT2D eigenvalue weighted by Gasteiger charge is -2.14. The van der Waals surface area contributed by atoms with Crippen molar-refractivity contribution in [2.24, 2.45) is 0 Å². The third-order valence-corrected chi connectivity index (χ3v) is 3.14. The number of nitrogens with one attached hydrogen (secondary N) is 1. The van der Waals surface area contributed by atoms with Crippen molar-refractivity contribution in [1.82, 2.24) is 5.32 Å². The highest BCUT2D eigenvalue weighted by molar-refractivity contribution is 6.32. The number of aliphatic hydroxyl groups excluding tert-OH is 1. The maximum Gasteiger partial charge on any atom is 0.134 e. The summed E-state index contributed by atoms with van der Waals surface area (Å²) in [5.74, 6) is 0.101. The van der Waals surface area contributed by atoms with Gasteiger partial charge in [0.1, 0.15) is 5.75 Å². The van der Waals surface area contributed by atoms with Gasteiger partial charge in [-0.1, -0.05) is 17.7 Å². The first-order chi connectivity index (χ1) is 7.15. The van der Waals surface area contributed by atoms with Gasteiger partial charge < -0.3 is 15.5 Å². The summed E-state index contributed by atoms with van der Waals surface area (Å²) in [5.41, 5.74) is 0.946. The van der Waals surface area contributed by atoms with Gasteiger partial charge in [0, 0.05) is 12.1 Å². The van der Waals surface area contributed by atoms with E-state index in [-0.39, 0.29) is 17.9 Å². The number of benzene rings is 1. The van der Waals surface area contributed by atoms with Crippen LogP contribution in [0.15, 0.2) is 18.2 Å². The average molecular weight is 228 g/mol. The zero-order valence-electron chi connectivity index (χ0n) is 8.33. The summed E-state index contributed by atoms with van der Waals surface area (Å²) in [4.78, 5) is 0. The SMILES string of the molecule is OCC1(NCc2ccc(O)c(Cl)c2)CC1. The van der Waals surface area contributed by atoms with Crippen LogP contribution in [0.4, 0.5) is 0 Å². The molecule has 15 heavy (non-hydrogen) atoms. The maximum atomic E-state index is 9.24. The van der Waals surface area contributed by atoms with Crippen LogP contribution in [-0.4, -0.2) is 22.4 Å². The molecule has 3 nitrogen and oxygen atoms in total. The summed E-state index contributed by atoms with van der Waals surface area (Å²) in [5, 5.41) is 22.0. The van der Waals surface area contributed by atoms with E-state index in [0.29, 0.717) is 11.6 Å². The van der Waals surface area contributed by atoms with Gasteiger partial charge in [0.15, 0.2) is 0 Å². The highest BCUT2D eigenvalue weighted by atomic mass is 35.5. The van der Waals surface area contributed by atoms with Crippen molar-refractivity contribution >= 4 is 11.6 Å². The van der Waals surface area contributed by atoms with Crippen LogP contribution in [0.1, 0.15) is 18.4 Å². The molecule has 0 atom stereocenters. The first-order valence-electron chi connectivity index (χ1n) is 4.98. The normalized spacial score (nSPS) is 17.7. The Kier molecular flexibility index (Phi) is 2.87. The molecular formula is C11H14ClNO2. The van der Waals surface area contributed by atoms with Crippen molar-refractivity contribution in [1.29, 1.82) is 0 Å². The van der Waals surface area contributed by atoms with Gasteiger partial charge in [0.25, 0.3) is 0 Å². The zero-order valence-corrected chi connectivity index (χ0v) is 9.09. The van der Waals surface area contributed by atoms with Gasteiger partial charge >= 0.3 is 0 Å². The van der Waals surface area contributed by atoms with Crippen LogP contribution < -0.4 is 5.32 Å². The van der Waals surface area contributed by atoms with Crippen molar-refractivity contribution < 1.29 is 10.2 Å². The fourth-order valence-electron chi connectivity index (χ4n) is 1.49. The van der Waals surface area contributed by atoms with Crippen molar-refractivity contribution in [3.8, 4) is 5.75 Å². The van der Waals surface area contributed by atoms with Gasteiger partial charge in [-0.25, -0.2) is 0 Å². The highest BCUT2D eigenvalue weighted by Gasteiger charge is 2.41. The number of aromatic hydroxyl groups is 1. The third-order valence-electron chi connectivity index (χ3n) is 2.84. The van der Waals surface area contributed by atoms with Gasteiger partial charge in [-0.05, 0) is 30.5 Å². The van der Waals surface area contributed by atoms with E-state index in [1.165, 1.54) is 0 Å². The molecule has 4 heteroatoms. The van der Waals surface area contributed by atoms with E-state index in [9.17, 15) is 5.11 Å². The third kappa shape index (κ3) is 2.43. The van der Waals surface area contributed by atoms with Gasteiger partial charge in [0.2, 0.25) is 0 Å². The summed E-state index contributed by atoms with van der Waals surface area (Å²) in [7, 11) is 0. The predicted octanol–water partition coefficient (Wildman–Crippen LogP) is 1.66. The summed E-state index contributed by atoms with van der Waals surface area (Å²) in [6, 6.07) is 5.14. The van der Waals surface area contributed by atoms with E-state index in [0.717, 1.165) is 18.4 Å². The fraction of sp³-hybridized carbons (Fsp3) is 0.455. The monoisotopic (exact) mass is 227 g/mol. The smallest absolute Gasteiger partial charge is 0.134 e. The first kappa shape index (κ1) is 10.7. The Hall–Kier alpha value is -0.770. The lowest BCUT2D eigenvalue weighted by atomic mass is 10.2. The van der Waals surface area contributed by atoms with Gasteiger partial charge in [-0.2, -0.15) is 0 Å². The Morgan fingerprint density at radius 2 is 2.13 bits per heavy atom. The van der Waals surface area contributed by atoms with Crippen molar-refractivity contribution in [3.63, 3.8) is 0 Å². The molecule has 2 rings (SSSR count). The molecule has 0 aliphatic heterocycles. The molecule has 0 bridgehead atoms. The second kappa shape index (κ2) is 4.00. The minimum atomic E-state index is -0.0651. The van der Waals surface area contributed by atoms with E-state index in [4.69, 9.17) is 16.7 Å². The van der Waals surface area contributed by atoms with Gasteiger partial charge in [0.05, 0.1) is 11.6 Å². The Balaban J connectivity index is 1.96. The number of hydrogen-bond acceptors (Lipinski definition) is 3. The molecule has 1 aromatic rings. The highest BCUT2D eigenvalue weighted by Crippen LogP contribution is 2.35. The molecule has 0 saturated heterocycles. The maximum absolute atomic E-state index is 9.24. The lowest BCUT2D eigenvalue weighted by molar-refractivity contribution is 0.229. The van der Waals surface area contributed by atoms with Crippen molar-refractivity contribution in [2.75, 3.05) is 6.61 Å². The number of rotatable bonds is 4. The molecule has 0 aromatic heterocycles. The fourth-order valence-corrected chi connectivity index (χ4v) is 1.69. The van der Waals surface area contributed by atoms with E-state index in [1.807, 2.05) is 6.07 Å². The van der Waals surface area contributed by atoms with E-state index in [1.54, 1.807) is 12.1 Å². The van der Waals surface area contributed by atoms with Crippen LogP contribution in [0.5, 0.6) is 5.75 Å². The number of hydrogen-bond donors (Lipinski definition) is 3. The molecule has 1 fully saturated rings. The minimum Gasteiger partial charge on any atom is -0.506 e. The van der Waals surface area contributed by atoms with Crippen LogP contribution in [0.2, 0.25) is 5.02 Å². The van der Waals surface area contributed by atoms with E-state index in [2.05, 4.69) is 5.32 Å². The van der Waals surface area contributed by atoms with Crippen LogP contribution >= 0.6 is 11.6 Å². The number of halogens is 1. The second-order valence-corrected chi connectivity index (χ2v) is 4.48. The number of phenolic OH excluding ortho intramolecular Hbond substituents is 1. The molecule has 1 aliphatic rings. The molecule has 0 unspecified atom stereocenters. The average Bonchev–Trinajstić information content (AvgIpc) is 3.01. The van der Waals surface area contributed by atoms with Gasteiger partial charge in [-0.3, -0.25) is 0 Å². The summed E-state index contributed by atoms with van der Waals surface area (Å²) in [6.45, 7) is 0.847. The molecule has 82 valence electrons. The molecule has 1 aromatic carbocycles. The van der Waals surface area contributed by atoms with Gasteiger partial charge in [-0.15, -0.1) is 0 Å². The van der Waals surface area contributed by atoms with E-state index >= 15 is 0 Å². The van der Waals surface area contributed by atoms with Crippen LogP contribution in [0.3, 0.4) is 0 Å².